The van der Waals surface area contributed by atoms with Gasteiger partial charge in [0.15, 0.2) is 0 Å². The van der Waals surface area contributed by atoms with Gasteiger partial charge in [-0.25, -0.2) is 0 Å². The monoisotopic (exact) mass is 348 g/mol. The molecule has 2 fully saturated rings. The molecule has 2 aromatic rings. The number of nitrogens with zero attached hydrogens (tertiary/aromatic N) is 2. The Balaban J connectivity index is 1.60. The maximum Gasteiger partial charge on any atom is 0.254 e. The molecule has 2 aliphatic heterocycles. The van der Waals surface area contributed by atoms with E-state index in [1.807, 2.05) is 58.3 Å². The predicted molar refractivity (Wildman–Crippen MR) is 101 cm³/mol. The Hall–Kier alpha value is -2.62. The lowest BCUT2D eigenvalue weighted by atomic mass is 9.83. The van der Waals surface area contributed by atoms with Gasteiger partial charge in [0, 0.05) is 25.1 Å². The van der Waals surface area contributed by atoms with Gasteiger partial charge in [-0.3, -0.25) is 9.59 Å². The third kappa shape index (κ3) is 2.79. The molecule has 0 unspecified atom stereocenters. The molecule has 0 radical (unpaired) electrons. The largest absolute Gasteiger partial charge is 0.333 e. The van der Waals surface area contributed by atoms with E-state index in [9.17, 15) is 9.59 Å². The second-order valence-electron chi connectivity index (χ2n) is 7.49. The highest BCUT2D eigenvalue weighted by atomic mass is 16.2. The second kappa shape index (κ2) is 6.60. The van der Waals surface area contributed by atoms with Crippen molar-refractivity contribution < 1.29 is 9.59 Å². The quantitative estimate of drug-likeness (QED) is 0.852. The van der Waals surface area contributed by atoms with Gasteiger partial charge >= 0.3 is 0 Å². The minimum Gasteiger partial charge on any atom is -0.333 e. The van der Waals surface area contributed by atoms with Gasteiger partial charge in [0.05, 0.1) is 11.6 Å². The number of hydrogen-bond acceptors (Lipinski definition) is 2. The zero-order valence-corrected chi connectivity index (χ0v) is 15.1. The molecule has 2 aromatic carbocycles. The minimum absolute atomic E-state index is 0.0772. The number of likely N-dealkylation sites (tertiary alicyclic amines) is 2. The highest BCUT2D eigenvalue weighted by Crippen LogP contribution is 2.41. The predicted octanol–water partition coefficient (Wildman–Crippen LogP) is 3.48. The molecule has 2 aliphatic rings. The Morgan fingerprint density at radius 3 is 2.42 bits per heavy atom. The first-order chi connectivity index (χ1) is 12.6. The first-order valence-electron chi connectivity index (χ1n) is 9.30. The van der Waals surface area contributed by atoms with Crippen LogP contribution in [0.2, 0.25) is 0 Å². The van der Waals surface area contributed by atoms with Gasteiger partial charge in [-0.05, 0) is 37.5 Å². The maximum absolute atomic E-state index is 13.0. The molecule has 0 saturated carbocycles. The van der Waals surface area contributed by atoms with Crippen molar-refractivity contribution in [3.8, 4) is 0 Å². The average Bonchev–Trinajstić information content (AvgIpc) is 3.03. The fourth-order valence-electron chi connectivity index (χ4n) is 4.49. The van der Waals surface area contributed by atoms with E-state index < -0.39 is 0 Å². The van der Waals surface area contributed by atoms with Crippen molar-refractivity contribution in [1.82, 2.24) is 9.80 Å². The summed E-state index contributed by atoms with van der Waals surface area (Å²) in [6, 6.07) is 19.6. The van der Waals surface area contributed by atoms with E-state index in [1.165, 1.54) is 0 Å². The molecule has 4 rings (SSSR count). The van der Waals surface area contributed by atoms with Crippen LogP contribution in [0.15, 0.2) is 60.7 Å². The summed E-state index contributed by atoms with van der Waals surface area (Å²) in [5.41, 5.74) is 1.56. The molecule has 2 amide bonds. The lowest BCUT2D eigenvalue weighted by Crippen LogP contribution is -2.60. The van der Waals surface area contributed by atoms with Crippen LogP contribution in [0.5, 0.6) is 0 Å². The normalized spacial score (nSPS) is 25.3. The molecule has 0 spiro atoms. The molecule has 134 valence electrons. The van der Waals surface area contributed by atoms with Crippen LogP contribution in [0.3, 0.4) is 0 Å². The van der Waals surface area contributed by atoms with Gasteiger partial charge in [0.2, 0.25) is 5.91 Å². The number of benzene rings is 2. The Morgan fingerprint density at radius 1 is 1.08 bits per heavy atom. The Morgan fingerprint density at radius 2 is 1.73 bits per heavy atom. The van der Waals surface area contributed by atoms with E-state index in [4.69, 9.17) is 0 Å². The molecule has 4 nitrogen and oxygen atoms in total. The van der Waals surface area contributed by atoms with Gasteiger partial charge in [-0.2, -0.15) is 0 Å². The zero-order valence-electron chi connectivity index (χ0n) is 15.1. The van der Waals surface area contributed by atoms with Crippen LogP contribution in [0.1, 0.15) is 42.1 Å². The van der Waals surface area contributed by atoms with E-state index in [1.54, 1.807) is 0 Å². The number of carbonyl (C=O) groups is 2. The molecule has 0 aromatic heterocycles. The maximum atomic E-state index is 13.0. The number of piperidine rings is 1. The second-order valence-corrected chi connectivity index (χ2v) is 7.49. The fourth-order valence-corrected chi connectivity index (χ4v) is 4.49. The summed E-state index contributed by atoms with van der Waals surface area (Å²) in [5, 5.41) is 0. The third-order valence-electron chi connectivity index (χ3n) is 5.97. The molecule has 0 N–H and O–H groups in total. The minimum atomic E-state index is -0.296. The van der Waals surface area contributed by atoms with E-state index in [0.29, 0.717) is 19.5 Å². The summed E-state index contributed by atoms with van der Waals surface area (Å²) in [6.07, 6.45) is 2.08. The van der Waals surface area contributed by atoms with E-state index in [2.05, 4.69) is 19.1 Å². The smallest absolute Gasteiger partial charge is 0.254 e. The molecule has 0 bridgehead atoms. The standard InChI is InChI=1S/C22H24N2O2/c1-22-14-15-23(21(26)18-10-6-3-7-11-18)19(22)12-13-20(25)24(22)16-17-8-4-2-5-9-17/h2-11,19H,12-16H2,1H3/t19-,22-/m0/s1. The zero-order chi connectivity index (χ0) is 18.1. The highest BCUT2D eigenvalue weighted by molar-refractivity contribution is 5.95. The highest BCUT2D eigenvalue weighted by Gasteiger charge is 2.53. The van der Waals surface area contributed by atoms with Crippen LogP contribution in [0.4, 0.5) is 0 Å². The van der Waals surface area contributed by atoms with Crippen LogP contribution in [-0.4, -0.2) is 39.7 Å². The van der Waals surface area contributed by atoms with Crippen LogP contribution >= 0.6 is 0 Å². The first-order valence-corrected chi connectivity index (χ1v) is 9.30. The Bertz CT molecular complexity index is 805. The number of fused-ring (bicyclic) bond motifs is 1. The van der Waals surface area contributed by atoms with Crippen molar-refractivity contribution in [2.24, 2.45) is 0 Å². The lowest BCUT2D eigenvalue weighted by molar-refractivity contribution is -0.144. The SMILES string of the molecule is C[C@]12CCN(C(=O)c3ccccc3)[C@H]1CCC(=O)N2Cc1ccccc1. The number of carbonyl (C=O) groups excluding carboxylic acids is 2. The van der Waals surface area contributed by atoms with Gasteiger partial charge in [0.25, 0.3) is 5.91 Å². The molecule has 2 heterocycles. The number of hydrogen-bond donors (Lipinski definition) is 0. The van der Waals surface area contributed by atoms with E-state index in [0.717, 1.165) is 24.0 Å². The van der Waals surface area contributed by atoms with Crippen LogP contribution in [0, 0.1) is 0 Å². The van der Waals surface area contributed by atoms with E-state index >= 15 is 0 Å². The van der Waals surface area contributed by atoms with Crippen molar-refractivity contribution in [2.75, 3.05) is 6.54 Å². The molecule has 4 heteroatoms. The summed E-state index contributed by atoms with van der Waals surface area (Å²) in [5.74, 6) is 0.273. The summed E-state index contributed by atoms with van der Waals surface area (Å²) < 4.78 is 0. The molecular weight excluding hydrogens is 324 g/mol. The van der Waals surface area contributed by atoms with Gasteiger partial charge in [-0.1, -0.05) is 48.5 Å². The molecule has 0 aliphatic carbocycles. The molecule has 2 atom stereocenters. The first kappa shape index (κ1) is 16.8. The number of rotatable bonds is 3. The van der Waals surface area contributed by atoms with Crippen LogP contribution in [-0.2, 0) is 11.3 Å². The van der Waals surface area contributed by atoms with Crippen molar-refractivity contribution in [3.05, 3.63) is 71.8 Å². The average molecular weight is 348 g/mol. The fraction of sp³-hybridized carbons (Fsp3) is 0.364. The lowest BCUT2D eigenvalue weighted by Gasteiger charge is -2.47. The molecular formula is C22H24N2O2. The molecule has 26 heavy (non-hydrogen) atoms. The van der Waals surface area contributed by atoms with Gasteiger partial charge < -0.3 is 9.80 Å². The molecule has 2 saturated heterocycles. The summed E-state index contributed by atoms with van der Waals surface area (Å²) in [6.45, 7) is 3.46. The van der Waals surface area contributed by atoms with Crippen molar-refractivity contribution >= 4 is 11.8 Å². The van der Waals surface area contributed by atoms with Crippen molar-refractivity contribution in [3.63, 3.8) is 0 Å². The van der Waals surface area contributed by atoms with Gasteiger partial charge in [-0.15, -0.1) is 0 Å². The van der Waals surface area contributed by atoms with Gasteiger partial charge in [0.1, 0.15) is 0 Å². The van der Waals surface area contributed by atoms with Crippen LogP contribution < -0.4 is 0 Å². The number of amides is 2. The van der Waals surface area contributed by atoms with Crippen LogP contribution in [0.25, 0.3) is 0 Å². The topological polar surface area (TPSA) is 40.6 Å². The van der Waals surface area contributed by atoms with Crippen molar-refractivity contribution in [2.45, 2.75) is 44.3 Å². The Labute approximate surface area is 154 Å². The Kier molecular flexibility index (Phi) is 4.27. The third-order valence-corrected chi connectivity index (χ3v) is 5.97. The summed E-state index contributed by atoms with van der Waals surface area (Å²) >= 11 is 0. The van der Waals surface area contributed by atoms with Crippen molar-refractivity contribution in [1.29, 1.82) is 0 Å². The van der Waals surface area contributed by atoms with E-state index in [-0.39, 0.29) is 23.4 Å². The summed E-state index contributed by atoms with van der Waals surface area (Å²) in [7, 11) is 0. The summed E-state index contributed by atoms with van der Waals surface area (Å²) in [4.78, 5) is 29.7.